The molecule has 2 unspecified atom stereocenters. The first kappa shape index (κ1) is 13.5. The molecule has 7 heteroatoms. The quantitative estimate of drug-likeness (QED) is 0.861. The Morgan fingerprint density at radius 1 is 1.50 bits per heavy atom. The van der Waals surface area contributed by atoms with Gasteiger partial charge in [0.05, 0.1) is 5.69 Å². The highest BCUT2D eigenvalue weighted by Gasteiger charge is 2.22. The van der Waals surface area contributed by atoms with Crippen LogP contribution in [-0.2, 0) is 11.3 Å². The second-order valence-electron chi connectivity index (χ2n) is 4.16. The van der Waals surface area contributed by atoms with Gasteiger partial charge in [0.1, 0.15) is 5.69 Å². The molecule has 18 heavy (non-hydrogen) atoms. The zero-order valence-corrected chi connectivity index (χ0v) is 12.4. The zero-order valence-electron chi connectivity index (χ0n) is 10.3. The second-order valence-corrected chi connectivity index (χ2v) is 5.73. The Labute approximate surface area is 110 Å². The van der Waals surface area contributed by atoms with Crippen LogP contribution in [0.25, 0.3) is 0 Å². The molecule has 1 aromatic heterocycles. The Morgan fingerprint density at radius 3 is 2.94 bits per heavy atom. The average molecular weight is 285 g/mol. The summed E-state index contributed by atoms with van der Waals surface area (Å²) in [4.78, 5) is 24.0. The van der Waals surface area contributed by atoms with Crippen molar-refractivity contribution in [1.29, 1.82) is 0 Å². The molecule has 2 atom stereocenters. The average Bonchev–Trinajstić information content (AvgIpc) is 2.52. The Balaban J connectivity index is 2.53. The summed E-state index contributed by atoms with van der Waals surface area (Å²) in [5, 5.41) is 2.80. The summed E-state index contributed by atoms with van der Waals surface area (Å²) >= 11 is 0. The van der Waals surface area contributed by atoms with Gasteiger partial charge in [0, 0.05) is 25.7 Å². The van der Waals surface area contributed by atoms with E-state index < -0.39 is 0 Å². The SMILES string of the molecule is CCCn1ccc2c(c1=O)N(PP)CCC(=O)N2. The number of hydrogen-bond donors (Lipinski definition) is 1. The first-order valence-electron chi connectivity index (χ1n) is 5.94. The number of aryl methyl sites for hydroxylation is 1. The topological polar surface area (TPSA) is 54.3 Å². The largest absolute Gasteiger partial charge is 0.343 e. The van der Waals surface area contributed by atoms with Crippen LogP contribution in [0, 0.1) is 0 Å². The third-order valence-corrected chi connectivity index (χ3v) is 4.56. The summed E-state index contributed by atoms with van der Waals surface area (Å²) in [7, 11) is 3.03. The number of amides is 1. The molecule has 0 aliphatic carbocycles. The Kier molecular flexibility index (Phi) is 4.36. The van der Waals surface area contributed by atoms with E-state index in [9.17, 15) is 9.59 Å². The van der Waals surface area contributed by atoms with Gasteiger partial charge in [-0.25, -0.2) is 0 Å². The standard InChI is InChI=1S/C11H17N3O2P2/c1-2-5-13-6-3-8-10(11(13)16)14(18-17)7-4-9(15)12-8/h3,6,18H,2,4-5,7,17H2,1H3,(H,12,15). The van der Waals surface area contributed by atoms with Gasteiger partial charge in [-0.05, 0) is 20.9 Å². The molecule has 2 rings (SSSR count). The molecular formula is C11H17N3O2P2. The van der Waals surface area contributed by atoms with Gasteiger partial charge < -0.3 is 14.6 Å². The third kappa shape index (κ3) is 2.57. The molecule has 2 heterocycles. The molecular weight excluding hydrogens is 268 g/mol. The molecule has 98 valence electrons. The van der Waals surface area contributed by atoms with Crippen molar-refractivity contribution in [2.75, 3.05) is 16.5 Å². The number of hydrogen-bond acceptors (Lipinski definition) is 3. The van der Waals surface area contributed by atoms with E-state index >= 15 is 0 Å². The fourth-order valence-corrected chi connectivity index (χ4v) is 3.37. The number of pyridine rings is 1. The fourth-order valence-electron chi connectivity index (χ4n) is 2.01. The summed E-state index contributed by atoms with van der Waals surface area (Å²) in [6.07, 6.45) is 3.08. The maximum absolute atomic E-state index is 12.4. The van der Waals surface area contributed by atoms with E-state index in [2.05, 4.69) is 14.2 Å². The molecule has 0 spiro atoms. The van der Waals surface area contributed by atoms with Crippen molar-refractivity contribution in [3.05, 3.63) is 22.6 Å². The van der Waals surface area contributed by atoms with Gasteiger partial charge >= 0.3 is 0 Å². The number of nitrogens with zero attached hydrogens (tertiary/aromatic N) is 2. The monoisotopic (exact) mass is 285 g/mol. The number of rotatable bonds is 3. The minimum atomic E-state index is -0.0327. The van der Waals surface area contributed by atoms with Crippen molar-refractivity contribution in [3.8, 4) is 0 Å². The smallest absolute Gasteiger partial charge is 0.276 e. The predicted octanol–water partition coefficient (Wildman–Crippen LogP) is 1.79. The van der Waals surface area contributed by atoms with E-state index in [0.717, 1.165) is 6.42 Å². The highest BCUT2D eigenvalue weighted by atomic mass is 32.0. The molecule has 0 saturated carbocycles. The van der Waals surface area contributed by atoms with E-state index in [-0.39, 0.29) is 11.5 Å². The van der Waals surface area contributed by atoms with E-state index in [1.165, 1.54) is 0 Å². The lowest BCUT2D eigenvalue weighted by Gasteiger charge is -2.21. The molecule has 0 radical (unpaired) electrons. The number of nitrogens with one attached hydrogen (secondary N) is 1. The van der Waals surface area contributed by atoms with Crippen molar-refractivity contribution < 1.29 is 4.79 Å². The molecule has 1 aliphatic rings. The highest BCUT2D eigenvalue weighted by molar-refractivity contribution is 8.03. The molecule has 1 aliphatic heterocycles. The van der Waals surface area contributed by atoms with Crippen LogP contribution in [0.2, 0.25) is 0 Å². The van der Waals surface area contributed by atoms with Crippen LogP contribution in [0.4, 0.5) is 11.4 Å². The zero-order chi connectivity index (χ0) is 13.1. The number of fused-ring (bicyclic) bond motifs is 1. The van der Waals surface area contributed by atoms with Gasteiger partial charge in [0.15, 0.2) is 0 Å². The lowest BCUT2D eigenvalue weighted by atomic mass is 10.3. The summed E-state index contributed by atoms with van der Waals surface area (Å²) in [6.45, 7) is 3.33. The van der Waals surface area contributed by atoms with Crippen LogP contribution in [0.15, 0.2) is 17.1 Å². The molecule has 1 aromatic rings. The second kappa shape index (κ2) is 5.81. The Morgan fingerprint density at radius 2 is 2.28 bits per heavy atom. The first-order chi connectivity index (χ1) is 8.67. The minimum Gasteiger partial charge on any atom is -0.343 e. The van der Waals surface area contributed by atoms with Gasteiger partial charge in [-0.2, -0.15) is 0 Å². The van der Waals surface area contributed by atoms with Crippen molar-refractivity contribution in [2.24, 2.45) is 0 Å². The molecule has 0 saturated heterocycles. The van der Waals surface area contributed by atoms with Gasteiger partial charge in [-0.15, -0.1) is 0 Å². The van der Waals surface area contributed by atoms with E-state index in [1.807, 2.05) is 17.7 Å². The lowest BCUT2D eigenvalue weighted by Crippen LogP contribution is -2.27. The minimum absolute atomic E-state index is 0.0218. The van der Waals surface area contributed by atoms with Gasteiger partial charge in [-0.1, -0.05) is 15.9 Å². The molecule has 0 aromatic carbocycles. The summed E-state index contributed by atoms with van der Waals surface area (Å²) in [5.74, 6) is -0.0327. The third-order valence-electron chi connectivity index (χ3n) is 2.87. The van der Waals surface area contributed by atoms with E-state index in [4.69, 9.17) is 0 Å². The highest BCUT2D eigenvalue weighted by Crippen LogP contribution is 2.36. The summed E-state index contributed by atoms with van der Waals surface area (Å²) in [5.41, 5.74) is 1.22. The van der Waals surface area contributed by atoms with Gasteiger partial charge in [-0.3, -0.25) is 9.59 Å². The van der Waals surface area contributed by atoms with Crippen LogP contribution in [0.5, 0.6) is 0 Å². The molecule has 1 N–H and O–H groups in total. The Bertz CT molecular complexity index is 516. The number of carbonyl (C=O) groups is 1. The first-order valence-corrected chi connectivity index (χ1v) is 8.70. The van der Waals surface area contributed by atoms with Crippen LogP contribution < -0.4 is 15.5 Å². The van der Waals surface area contributed by atoms with Crippen molar-refractivity contribution in [2.45, 2.75) is 26.3 Å². The van der Waals surface area contributed by atoms with E-state index in [1.54, 1.807) is 10.8 Å². The molecule has 1 amide bonds. The summed E-state index contributed by atoms with van der Waals surface area (Å²) < 4.78 is 3.67. The van der Waals surface area contributed by atoms with Crippen molar-refractivity contribution >= 4 is 34.6 Å². The van der Waals surface area contributed by atoms with Gasteiger partial charge in [0.25, 0.3) is 5.56 Å². The number of aromatic nitrogens is 1. The maximum Gasteiger partial charge on any atom is 0.276 e. The molecule has 0 bridgehead atoms. The van der Waals surface area contributed by atoms with Crippen LogP contribution in [0.3, 0.4) is 0 Å². The Hall–Kier alpha value is -0.920. The van der Waals surface area contributed by atoms with E-state index in [0.29, 0.717) is 39.3 Å². The molecule has 5 nitrogen and oxygen atoms in total. The normalized spacial score (nSPS) is 15.7. The van der Waals surface area contributed by atoms with Crippen molar-refractivity contribution in [1.82, 2.24) is 4.57 Å². The fraction of sp³-hybridized carbons (Fsp3) is 0.455. The number of carbonyl (C=O) groups excluding carboxylic acids is 1. The van der Waals surface area contributed by atoms with Crippen LogP contribution in [0.1, 0.15) is 19.8 Å². The lowest BCUT2D eigenvalue weighted by molar-refractivity contribution is -0.115. The van der Waals surface area contributed by atoms with Gasteiger partial charge in [0.2, 0.25) is 5.91 Å². The maximum atomic E-state index is 12.4. The van der Waals surface area contributed by atoms with Crippen LogP contribution >= 0.6 is 17.3 Å². The summed E-state index contributed by atoms with van der Waals surface area (Å²) in [6, 6.07) is 1.81. The molecule has 0 fully saturated rings. The predicted molar refractivity (Wildman–Crippen MR) is 79.6 cm³/mol. The van der Waals surface area contributed by atoms with Crippen molar-refractivity contribution in [3.63, 3.8) is 0 Å². The van der Waals surface area contributed by atoms with Crippen LogP contribution in [-0.4, -0.2) is 17.0 Å². The number of anilines is 2.